The number of ether oxygens (including phenoxy) is 1. The van der Waals surface area contributed by atoms with Crippen molar-refractivity contribution in [3.05, 3.63) is 34.9 Å². The van der Waals surface area contributed by atoms with Crippen molar-refractivity contribution in [2.75, 3.05) is 40.4 Å². The van der Waals surface area contributed by atoms with Crippen molar-refractivity contribution >= 4 is 17.5 Å². The molecule has 5 heteroatoms. The highest BCUT2D eigenvalue weighted by Crippen LogP contribution is 2.19. The summed E-state index contributed by atoms with van der Waals surface area (Å²) < 4.78 is 5.42. The van der Waals surface area contributed by atoms with E-state index in [0.717, 1.165) is 44.7 Å². The smallest absolute Gasteiger partial charge is 0.227 e. The van der Waals surface area contributed by atoms with Gasteiger partial charge in [-0.1, -0.05) is 29.8 Å². The van der Waals surface area contributed by atoms with Gasteiger partial charge >= 0.3 is 0 Å². The summed E-state index contributed by atoms with van der Waals surface area (Å²) in [4.78, 5) is 16.9. The Kier molecular flexibility index (Phi) is 6.68. The second-order valence-corrected chi connectivity index (χ2v) is 6.41. The van der Waals surface area contributed by atoms with Crippen LogP contribution in [0.15, 0.2) is 24.3 Å². The SMILES string of the molecule is CN(C)CCN(C(=O)Cc1ccccc1Cl)C1CCOCC1. The van der Waals surface area contributed by atoms with Crippen LogP contribution in [0.25, 0.3) is 0 Å². The number of rotatable bonds is 6. The minimum absolute atomic E-state index is 0.154. The van der Waals surface area contributed by atoms with Crippen LogP contribution in [0.4, 0.5) is 0 Å². The Labute approximate surface area is 138 Å². The molecular formula is C17H25ClN2O2. The lowest BCUT2D eigenvalue weighted by Gasteiger charge is -2.35. The molecule has 22 heavy (non-hydrogen) atoms. The maximum atomic E-state index is 12.8. The molecule has 1 fully saturated rings. The standard InChI is InChI=1S/C17H25ClN2O2/c1-19(2)9-10-20(15-7-11-22-12-8-15)17(21)13-14-5-3-4-6-16(14)18/h3-6,15H,7-13H2,1-2H3. The lowest BCUT2D eigenvalue weighted by molar-refractivity contribution is -0.134. The van der Waals surface area contributed by atoms with Gasteiger partial charge in [0.05, 0.1) is 6.42 Å². The zero-order valence-corrected chi connectivity index (χ0v) is 14.2. The third-order valence-electron chi connectivity index (χ3n) is 4.04. The molecule has 0 N–H and O–H groups in total. The molecule has 4 nitrogen and oxygen atoms in total. The largest absolute Gasteiger partial charge is 0.381 e. The zero-order valence-electron chi connectivity index (χ0n) is 13.4. The topological polar surface area (TPSA) is 32.8 Å². The first-order chi connectivity index (χ1) is 10.6. The number of carbonyl (C=O) groups excluding carboxylic acids is 1. The summed E-state index contributed by atoms with van der Waals surface area (Å²) in [6, 6.07) is 7.85. The molecule has 1 aromatic rings. The quantitative estimate of drug-likeness (QED) is 0.806. The molecule has 0 atom stereocenters. The lowest BCUT2D eigenvalue weighted by atomic mass is 10.0. The van der Waals surface area contributed by atoms with Crippen LogP contribution in [0.5, 0.6) is 0 Å². The molecule has 0 radical (unpaired) electrons. The maximum Gasteiger partial charge on any atom is 0.227 e. The molecule has 0 spiro atoms. The third kappa shape index (κ3) is 4.97. The number of amides is 1. The molecule has 2 rings (SSSR count). The van der Waals surface area contributed by atoms with Crippen LogP contribution in [-0.2, 0) is 16.0 Å². The van der Waals surface area contributed by atoms with E-state index in [2.05, 4.69) is 4.90 Å². The maximum absolute atomic E-state index is 12.8. The fourth-order valence-corrected chi connectivity index (χ4v) is 2.92. The van der Waals surface area contributed by atoms with E-state index in [4.69, 9.17) is 16.3 Å². The van der Waals surface area contributed by atoms with Crippen LogP contribution in [0.1, 0.15) is 18.4 Å². The molecule has 1 saturated heterocycles. The van der Waals surface area contributed by atoms with Crippen LogP contribution in [-0.4, -0.2) is 62.1 Å². The second kappa shape index (κ2) is 8.51. The van der Waals surface area contributed by atoms with Crippen molar-refractivity contribution in [2.24, 2.45) is 0 Å². The summed E-state index contributed by atoms with van der Waals surface area (Å²) in [5.74, 6) is 0.154. The Balaban J connectivity index is 2.05. The number of hydrogen-bond acceptors (Lipinski definition) is 3. The highest BCUT2D eigenvalue weighted by molar-refractivity contribution is 6.31. The Hall–Kier alpha value is -1.10. The van der Waals surface area contributed by atoms with Crippen LogP contribution in [0.3, 0.4) is 0 Å². The Morgan fingerprint density at radius 3 is 2.55 bits per heavy atom. The van der Waals surface area contributed by atoms with E-state index in [1.807, 2.05) is 43.3 Å². The predicted molar refractivity (Wildman–Crippen MR) is 89.3 cm³/mol. The Morgan fingerprint density at radius 2 is 1.91 bits per heavy atom. The molecule has 1 aliphatic heterocycles. The van der Waals surface area contributed by atoms with Crippen molar-refractivity contribution in [3.63, 3.8) is 0 Å². The lowest BCUT2D eigenvalue weighted by Crippen LogP contribution is -2.46. The first-order valence-corrected chi connectivity index (χ1v) is 8.21. The van der Waals surface area contributed by atoms with Crippen molar-refractivity contribution in [2.45, 2.75) is 25.3 Å². The van der Waals surface area contributed by atoms with Gasteiger partial charge in [0.2, 0.25) is 5.91 Å². The molecule has 122 valence electrons. The summed E-state index contributed by atoms with van der Waals surface area (Å²) >= 11 is 6.19. The highest BCUT2D eigenvalue weighted by atomic mass is 35.5. The van der Waals surface area contributed by atoms with Crippen LogP contribution < -0.4 is 0 Å². The number of nitrogens with zero attached hydrogens (tertiary/aromatic N) is 2. The van der Waals surface area contributed by atoms with Crippen molar-refractivity contribution in [1.29, 1.82) is 0 Å². The van der Waals surface area contributed by atoms with E-state index in [0.29, 0.717) is 11.4 Å². The molecule has 0 aliphatic carbocycles. The van der Waals surface area contributed by atoms with Gasteiger partial charge in [-0.05, 0) is 38.6 Å². The monoisotopic (exact) mass is 324 g/mol. The van der Waals surface area contributed by atoms with Gasteiger partial charge in [-0.2, -0.15) is 0 Å². The summed E-state index contributed by atoms with van der Waals surface area (Å²) in [6.45, 7) is 3.09. The Morgan fingerprint density at radius 1 is 1.23 bits per heavy atom. The molecule has 1 aliphatic rings. The molecule has 0 saturated carbocycles. The summed E-state index contributed by atoms with van der Waals surface area (Å²) in [7, 11) is 4.06. The van der Waals surface area contributed by atoms with Gasteiger partial charge < -0.3 is 14.5 Å². The highest BCUT2D eigenvalue weighted by Gasteiger charge is 2.26. The van der Waals surface area contributed by atoms with Crippen molar-refractivity contribution < 1.29 is 9.53 Å². The number of halogens is 1. The van der Waals surface area contributed by atoms with Crippen LogP contribution >= 0.6 is 11.6 Å². The molecule has 1 heterocycles. The molecule has 0 unspecified atom stereocenters. The first-order valence-electron chi connectivity index (χ1n) is 7.83. The average Bonchev–Trinajstić information content (AvgIpc) is 2.50. The average molecular weight is 325 g/mol. The molecule has 1 aromatic carbocycles. The summed E-state index contributed by atoms with van der Waals surface area (Å²) in [6.07, 6.45) is 2.20. The Bertz CT molecular complexity index is 487. The zero-order chi connectivity index (χ0) is 15.9. The van der Waals surface area contributed by atoms with Crippen LogP contribution in [0, 0.1) is 0 Å². The fourth-order valence-electron chi connectivity index (χ4n) is 2.72. The van der Waals surface area contributed by atoms with E-state index in [9.17, 15) is 4.79 Å². The van der Waals surface area contributed by atoms with E-state index in [1.54, 1.807) is 0 Å². The van der Waals surface area contributed by atoms with Crippen molar-refractivity contribution in [1.82, 2.24) is 9.80 Å². The normalized spacial score (nSPS) is 16.0. The molecule has 0 bridgehead atoms. The van der Waals surface area contributed by atoms with E-state index in [1.165, 1.54) is 0 Å². The van der Waals surface area contributed by atoms with Gasteiger partial charge in [-0.15, -0.1) is 0 Å². The predicted octanol–water partition coefficient (Wildman–Crippen LogP) is 2.45. The van der Waals surface area contributed by atoms with Gasteiger partial charge in [-0.3, -0.25) is 4.79 Å². The van der Waals surface area contributed by atoms with Gasteiger partial charge in [0, 0.05) is 37.4 Å². The summed E-state index contributed by atoms with van der Waals surface area (Å²) in [5.41, 5.74) is 0.899. The molecular weight excluding hydrogens is 300 g/mol. The number of likely N-dealkylation sites (N-methyl/N-ethyl adjacent to an activating group) is 1. The molecule has 1 amide bonds. The summed E-state index contributed by atoms with van der Waals surface area (Å²) in [5, 5.41) is 0.662. The first kappa shape index (κ1) is 17.3. The van der Waals surface area contributed by atoms with Crippen molar-refractivity contribution in [3.8, 4) is 0 Å². The number of carbonyl (C=O) groups is 1. The molecule has 0 aromatic heterocycles. The van der Waals surface area contributed by atoms with Gasteiger partial charge in [0.25, 0.3) is 0 Å². The minimum Gasteiger partial charge on any atom is -0.381 e. The number of benzene rings is 1. The third-order valence-corrected chi connectivity index (χ3v) is 4.41. The van der Waals surface area contributed by atoms with E-state index >= 15 is 0 Å². The second-order valence-electron chi connectivity index (χ2n) is 6.00. The van der Waals surface area contributed by atoms with Gasteiger partial charge in [0.15, 0.2) is 0 Å². The number of hydrogen-bond donors (Lipinski definition) is 0. The van der Waals surface area contributed by atoms with Gasteiger partial charge in [-0.25, -0.2) is 0 Å². The fraction of sp³-hybridized carbons (Fsp3) is 0.588. The van der Waals surface area contributed by atoms with E-state index in [-0.39, 0.29) is 11.9 Å². The van der Waals surface area contributed by atoms with Gasteiger partial charge in [0.1, 0.15) is 0 Å². The minimum atomic E-state index is 0.154. The van der Waals surface area contributed by atoms with Crippen LogP contribution in [0.2, 0.25) is 5.02 Å². The van der Waals surface area contributed by atoms with E-state index < -0.39 is 0 Å².